The van der Waals surface area contributed by atoms with Crippen molar-refractivity contribution in [3.05, 3.63) is 35.4 Å². The van der Waals surface area contributed by atoms with Crippen LogP contribution in [0.4, 0.5) is 0 Å². The summed E-state index contributed by atoms with van der Waals surface area (Å²) < 4.78 is 0. The van der Waals surface area contributed by atoms with Gasteiger partial charge in [0.25, 0.3) is 5.91 Å². The first-order valence-electron chi connectivity index (χ1n) is 6.44. The molecule has 0 radical (unpaired) electrons. The third kappa shape index (κ3) is 1.62. The van der Waals surface area contributed by atoms with Gasteiger partial charge in [-0.3, -0.25) is 4.79 Å². The Kier molecular flexibility index (Phi) is 2.45. The van der Waals surface area contributed by atoms with Crippen molar-refractivity contribution in [1.29, 1.82) is 0 Å². The van der Waals surface area contributed by atoms with E-state index in [1.54, 1.807) is 6.92 Å². The Bertz CT molecular complexity index is 549. The highest BCUT2D eigenvalue weighted by Gasteiger charge is 2.61. The minimum absolute atomic E-state index is 0.0174. The maximum absolute atomic E-state index is 11.8. The number of aryl methyl sites for hydroxylation is 1. The summed E-state index contributed by atoms with van der Waals surface area (Å²) in [4.78, 5) is 13.7. The first kappa shape index (κ1) is 11.3. The van der Waals surface area contributed by atoms with Crippen LogP contribution in [0.15, 0.2) is 24.3 Å². The van der Waals surface area contributed by atoms with Crippen LogP contribution in [0.3, 0.4) is 0 Å². The molecular weight excluding hydrogens is 222 g/mol. The molecule has 2 atom stereocenters. The molecule has 1 saturated heterocycles. The van der Waals surface area contributed by atoms with E-state index in [-0.39, 0.29) is 11.3 Å². The summed E-state index contributed by atoms with van der Waals surface area (Å²) in [5.41, 5.74) is 2.91. The van der Waals surface area contributed by atoms with Gasteiger partial charge in [-0.1, -0.05) is 35.7 Å². The van der Waals surface area contributed by atoms with Crippen molar-refractivity contribution < 1.29 is 4.79 Å². The van der Waals surface area contributed by atoms with Crippen LogP contribution in [-0.2, 0) is 10.2 Å². The van der Waals surface area contributed by atoms with E-state index >= 15 is 0 Å². The van der Waals surface area contributed by atoms with Crippen LogP contribution in [0, 0.1) is 24.7 Å². The second-order valence-electron chi connectivity index (χ2n) is 5.48. The van der Waals surface area contributed by atoms with E-state index in [4.69, 9.17) is 0 Å². The topological polar surface area (TPSA) is 20.3 Å². The lowest BCUT2D eigenvalue weighted by Crippen LogP contribution is -2.31. The highest BCUT2D eigenvalue weighted by atomic mass is 16.2. The van der Waals surface area contributed by atoms with Crippen LogP contribution in [0.2, 0.25) is 0 Å². The summed E-state index contributed by atoms with van der Waals surface area (Å²) in [6.07, 6.45) is 1.22. The molecule has 1 aliphatic carbocycles. The van der Waals surface area contributed by atoms with Crippen molar-refractivity contribution >= 4 is 5.91 Å². The van der Waals surface area contributed by atoms with Crippen molar-refractivity contribution in [1.82, 2.24) is 4.90 Å². The van der Waals surface area contributed by atoms with Crippen LogP contribution >= 0.6 is 0 Å². The van der Waals surface area contributed by atoms with Gasteiger partial charge >= 0.3 is 0 Å². The zero-order chi connectivity index (χ0) is 12.8. The molecule has 0 unspecified atom stereocenters. The number of fused-ring (bicyclic) bond motifs is 1. The van der Waals surface area contributed by atoms with Crippen molar-refractivity contribution in [2.24, 2.45) is 5.92 Å². The maximum Gasteiger partial charge on any atom is 0.298 e. The molecule has 0 N–H and O–H groups in total. The normalized spacial score (nSPS) is 28.3. The third-order valence-electron chi connectivity index (χ3n) is 4.29. The number of likely N-dealkylation sites (tertiary alicyclic amines) is 1. The van der Waals surface area contributed by atoms with Crippen LogP contribution in [0.5, 0.6) is 0 Å². The molecule has 1 aromatic carbocycles. The summed E-state index contributed by atoms with van der Waals surface area (Å²) in [6, 6.07) is 8.76. The largest absolute Gasteiger partial charge is 0.331 e. The van der Waals surface area contributed by atoms with Gasteiger partial charge in [0.15, 0.2) is 0 Å². The van der Waals surface area contributed by atoms with E-state index < -0.39 is 0 Å². The predicted molar refractivity (Wildman–Crippen MR) is 71.0 cm³/mol. The minimum atomic E-state index is -0.0174. The van der Waals surface area contributed by atoms with Crippen LogP contribution in [0.1, 0.15) is 24.5 Å². The van der Waals surface area contributed by atoms with Gasteiger partial charge in [0.1, 0.15) is 0 Å². The number of piperidine rings is 1. The van der Waals surface area contributed by atoms with Crippen LogP contribution in [-0.4, -0.2) is 23.9 Å². The number of benzene rings is 1. The molecular formula is C16H17NO. The van der Waals surface area contributed by atoms with E-state index in [0.29, 0.717) is 5.92 Å². The lowest BCUT2D eigenvalue weighted by molar-refractivity contribution is -0.124. The quantitative estimate of drug-likeness (QED) is 0.687. The highest BCUT2D eigenvalue weighted by Crippen LogP contribution is 2.58. The van der Waals surface area contributed by atoms with Gasteiger partial charge in [-0.05, 0) is 37.7 Å². The molecule has 2 fully saturated rings. The molecule has 1 heterocycles. The van der Waals surface area contributed by atoms with Crippen molar-refractivity contribution in [3.63, 3.8) is 0 Å². The summed E-state index contributed by atoms with van der Waals surface area (Å²) >= 11 is 0. The van der Waals surface area contributed by atoms with Crippen molar-refractivity contribution in [2.75, 3.05) is 13.1 Å². The smallest absolute Gasteiger partial charge is 0.298 e. The summed E-state index contributed by atoms with van der Waals surface area (Å²) in [7, 11) is 0. The van der Waals surface area contributed by atoms with Gasteiger partial charge in [-0.2, -0.15) is 0 Å². The Hall–Kier alpha value is -1.75. The fourth-order valence-electron chi connectivity index (χ4n) is 3.16. The molecule has 1 aliphatic heterocycles. The molecule has 3 rings (SSSR count). The van der Waals surface area contributed by atoms with E-state index in [9.17, 15) is 4.79 Å². The Morgan fingerprint density at radius 2 is 2.11 bits per heavy atom. The van der Waals surface area contributed by atoms with Crippen LogP contribution in [0.25, 0.3) is 0 Å². The molecule has 2 heteroatoms. The third-order valence-corrected chi connectivity index (χ3v) is 4.29. The number of nitrogens with zero attached hydrogens (tertiary/aromatic N) is 1. The van der Waals surface area contributed by atoms with Gasteiger partial charge < -0.3 is 4.90 Å². The van der Waals surface area contributed by atoms with Gasteiger partial charge in [-0.15, -0.1) is 0 Å². The summed E-state index contributed by atoms with van der Waals surface area (Å²) in [6.45, 7) is 5.53. The number of carbonyl (C=O) groups excluding carboxylic acids is 1. The number of carbonyl (C=O) groups is 1. The maximum atomic E-state index is 11.8. The molecule has 1 aromatic rings. The molecule has 1 saturated carbocycles. The van der Waals surface area contributed by atoms with Crippen molar-refractivity contribution in [3.8, 4) is 11.8 Å². The molecule has 0 bridgehead atoms. The second kappa shape index (κ2) is 3.88. The van der Waals surface area contributed by atoms with Gasteiger partial charge in [0.2, 0.25) is 0 Å². The Morgan fingerprint density at radius 3 is 2.78 bits per heavy atom. The lowest BCUT2D eigenvalue weighted by atomic mass is 9.94. The molecule has 92 valence electrons. The number of amides is 1. The highest BCUT2D eigenvalue weighted by molar-refractivity contribution is 5.94. The standard InChI is InChI=1S/C16H17NO/c1-3-4-15(18)17-10-14-9-16(14,11-17)13-7-5-12(2)6-8-13/h5-8,14H,9-11H2,1-2H3/t14-,16+/m0/s1. The lowest BCUT2D eigenvalue weighted by Gasteiger charge is -2.19. The molecule has 0 aromatic heterocycles. The average Bonchev–Trinajstić information content (AvgIpc) is 2.93. The molecule has 2 aliphatic rings. The van der Waals surface area contributed by atoms with Gasteiger partial charge in [-0.25, -0.2) is 0 Å². The SMILES string of the molecule is CC#CC(=O)N1C[C@@H]2C[C@]2(c2ccc(C)cc2)C1. The van der Waals surface area contributed by atoms with Gasteiger partial charge in [0.05, 0.1) is 0 Å². The molecule has 0 spiro atoms. The monoisotopic (exact) mass is 239 g/mol. The first-order valence-corrected chi connectivity index (χ1v) is 6.44. The van der Waals surface area contributed by atoms with E-state index in [0.717, 1.165) is 13.1 Å². The van der Waals surface area contributed by atoms with Crippen molar-refractivity contribution in [2.45, 2.75) is 25.7 Å². The second-order valence-corrected chi connectivity index (χ2v) is 5.48. The first-order chi connectivity index (χ1) is 8.65. The Balaban J connectivity index is 1.81. The fourth-order valence-corrected chi connectivity index (χ4v) is 3.16. The predicted octanol–water partition coefficient (Wildman–Crippen LogP) is 2.12. The Labute approximate surface area is 108 Å². The zero-order valence-corrected chi connectivity index (χ0v) is 10.9. The molecule has 2 nitrogen and oxygen atoms in total. The number of hydrogen-bond acceptors (Lipinski definition) is 1. The minimum Gasteiger partial charge on any atom is -0.331 e. The fraction of sp³-hybridized carbons (Fsp3) is 0.438. The number of rotatable bonds is 1. The Morgan fingerprint density at radius 1 is 1.39 bits per heavy atom. The summed E-state index contributed by atoms with van der Waals surface area (Å²) in [5.74, 6) is 5.96. The average molecular weight is 239 g/mol. The molecule has 18 heavy (non-hydrogen) atoms. The van der Waals surface area contributed by atoms with E-state index in [1.165, 1.54) is 17.5 Å². The molecule has 1 amide bonds. The van der Waals surface area contributed by atoms with E-state index in [2.05, 4.69) is 43.0 Å². The number of hydrogen-bond donors (Lipinski definition) is 0. The zero-order valence-electron chi connectivity index (χ0n) is 10.9. The van der Waals surface area contributed by atoms with Gasteiger partial charge in [0, 0.05) is 18.5 Å². The summed E-state index contributed by atoms with van der Waals surface area (Å²) in [5, 5.41) is 0. The van der Waals surface area contributed by atoms with E-state index in [1.807, 2.05) is 4.90 Å². The van der Waals surface area contributed by atoms with Crippen LogP contribution < -0.4 is 0 Å².